The molecule has 2 heterocycles. The molecule has 0 radical (unpaired) electrons. The van der Waals surface area contributed by atoms with Crippen LogP contribution in [0.25, 0.3) is 0 Å². The molecule has 0 aromatic heterocycles. The van der Waals surface area contributed by atoms with Gasteiger partial charge in [-0.15, -0.1) is 0 Å². The maximum Gasteiger partial charge on any atom is 0.153 e. The molecule has 4 nitrogen and oxygen atoms in total. The van der Waals surface area contributed by atoms with Crippen molar-refractivity contribution in [2.45, 2.75) is 6.92 Å². The molecule has 112 valence electrons. The molecule has 1 N–H and O–H groups in total. The Bertz CT molecular complexity index is 733. The van der Waals surface area contributed by atoms with Gasteiger partial charge in [-0.2, -0.15) is 0 Å². The monoisotopic (exact) mass is 293 g/mol. The van der Waals surface area contributed by atoms with Crippen LogP contribution in [-0.4, -0.2) is 32.4 Å². The summed E-state index contributed by atoms with van der Waals surface area (Å²) in [6, 6.07) is 12.2. The molecule has 4 rings (SSSR count). The highest BCUT2D eigenvalue weighted by atomic mass is 16.5. The number of anilines is 1. The number of nitrogens with one attached hydrogen (secondary N) is 1. The second kappa shape index (κ2) is 5.46. The van der Waals surface area contributed by atoms with Gasteiger partial charge in [-0.3, -0.25) is 4.99 Å². The summed E-state index contributed by atoms with van der Waals surface area (Å²) in [5.41, 5.74) is 4.30. The first-order valence-electron chi connectivity index (χ1n) is 7.73. The maximum atomic E-state index is 6.20. The Kier molecular flexibility index (Phi) is 3.31. The smallest absolute Gasteiger partial charge is 0.153 e. The van der Waals surface area contributed by atoms with Gasteiger partial charge < -0.3 is 15.0 Å². The molecule has 0 atom stereocenters. The zero-order chi connectivity index (χ0) is 14.9. The third kappa shape index (κ3) is 2.25. The third-order valence-electron chi connectivity index (χ3n) is 4.24. The number of fused-ring (bicyclic) bond motifs is 2. The molecule has 0 saturated carbocycles. The molecule has 0 bridgehead atoms. The van der Waals surface area contributed by atoms with E-state index in [1.54, 1.807) is 0 Å². The Morgan fingerprint density at radius 2 is 1.91 bits per heavy atom. The topological polar surface area (TPSA) is 36.9 Å². The quantitative estimate of drug-likeness (QED) is 0.748. The van der Waals surface area contributed by atoms with E-state index in [0.717, 1.165) is 54.5 Å². The number of nitrogens with zero attached hydrogens (tertiary/aromatic N) is 2. The van der Waals surface area contributed by atoms with Crippen molar-refractivity contribution in [3.8, 4) is 11.5 Å². The lowest BCUT2D eigenvalue weighted by molar-refractivity contribution is 0.480. The first-order valence-corrected chi connectivity index (χ1v) is 7.73. The largest absolute Gasteiger partial charge is 0.454 e. The predicted octanol–water partition coefficient (Wildman–Crippen LogP) is 3.26. The highest BCUT2D eigenvalue weighted by Gasteiger charge is 2.20. The first kappa shape index (κ1) is 13.3. The first-order chi connectivity index (χ1) is 10.8. The Morgan fingerprint density at radius 3 is 2.77 bits per heavy atom. The lowest BCUT2D eigenvalue weighted by Crippen LogP contribution is -2.43. The number of para-hydroxylation sites is 2. The molecule has 4 heteroatoms. The molecule has 2 aliphatic heterocycles. The van der Waals surface area contributed by atoms with Gasteiger partial charge in [0.25, 0.3) is 0 Å². The SMILES string of the molecule is Cc1ccc(N2CCNCC2)c2c1Oc1ccccc1N=C2. The van der Waals surface area contributed by atoms with Crippen LogP contribution >= 0.6 is 0 Å². The van der Waals surface area contributed by atoms with Gasteiger partial charge in [0.1, 0.15) is 11.4 Å². The molecule has 0 spiro atoms. The summed E-state index contributed by atoms with van der Waals surface area (Å²) < 4.78 is 6.20. The molecule has 0 aliphatic carbocycles. The van der Waals surface area contributed by atoms with Crippen LogP contribution in [0, 0.1) is 6.92 Å². The van der Waals surface area contributed by atoms with Gasteiger partial charge in [0.15, 0.2) is 5.75 Å². The predicted molar refractivity (Wildman–Crippen MR) is 90.0 cm³/mol. The van der Waals surface area contributed by atoms with Crippen molar-refractivity contribution in [2.75, 3.05) is 31.1 Å². The number of aliphatic imine (C=N–C) groups is 1. The Hall–Kier alpha value is -2.33. The molecule has 2 aromatic carbocycles. The van der Waals surface area contributed by atoms with E-state index < -0.39 is 0 Å². The fourth-order valence-corrected chi connectivity index (χ4v) is 3.03. The summed E-state index contributed by atoms with van der Waals surface area (Å²) in [7, 11) is 0. The van der Waals surface area contributed by atoms with Crippen molar-refractivity contribution in [1.82, 2.24) is 5.32 Å². The van der Waals surface area contributed by atoms with E-state index in [4.69, 9.17) is 4.74 Å². The van der Waals surface area contributed by atoms with E-state index in [1.807, 2.05) is 30.5 Å². The summed E-state index contributed by atoms with van der Waals surface area (Å²) in [4.78, 5) is 7.04. The van der Waals surface area contributed by atoms with Crippen molar-refractivity contribution in [2.24, 2.45) is 4.99 Å². The summed E-state index contributed by atoms with van der Waals surface area (Å²) in [5.74, 6) is 1.74. The van der Waals surface area contributed by atoms with Gasteiger partial charge in [0.2, 0.25) is 0 Å². The van der Waals surface area contributed by atoms with Gasteiger partial charge in [0, 0.05) is 38.1 Å². The lowest BCUT2D eigenvalue weighted by Gasteiger charge is -2.31. The van der Waals surface area contributed by atoms with E-state index in [9.17, 15) is 0 Å². The highest BCUT2D eigenvalue weighted by molar-refractivity contribution is 5.95. The van der Waals surface area contributed by atoms with Crippen LogP contribution in [-0.2, 0) is 0 Å². The number of piperazine rings is 1. The maximum absolute atomic E-state index is 6.20. The number of benzene rings is 2. The average molecular weight is 293 g/mol. The molecular formula is C18H19N3O. The van der Waals surface area contributed by atoms with Crippen LogP contribution in [0.1, 0.15) is 11.1 Å². The zero-order valence-electron chi connectivity index (χ0n) is 12.7. The van der Waals surface area contributed by atoms with Crippen LogP contribution in [0.15, 0.2) is 41.4 Å². The van der Waals surface area contributed by atoms with Crippen LogP contribution in [0.2, 0.25) is 0 Å². The van der Waals surface area contributed by atoms with Crippen molar-refractivity contribution in [3.05, 3.63) is 47.5 Å². The van der Waals surface area contributed by atoms with Gasteiger partial charge >= 0.3 is 0 Å². The van der Waals surface area contributed by atoms with Crippen LogP contribution in [0.4, 0.5) is 11.4 Å². The molecule has 0 unspecified atom stereocenters. The summed E-state index contributed by atoms with van der Waals surface area (Å²) in [6.07, 6.45) is 1.95. The fraction of sp³-hybridized carbons (Fsp3) is 0.278. The highest BCUT2D eigenvalue weighted by Crippen LogP contribution is 2.40. The summed E-state index contributed by atoms with van der Waals surface area (Å²) >= 11 is 0. The number of aryl methyl sites for hydroxylation is 1. The molecule has 1 fully saturated rings. The molecule has 0 amide bonds. The third-order valence-corrected chi connectivity index (χ3v) is 4.24. The normalized spacial score (nSPS) is 16.5. The van der Waals surface area contributed by atoms with Crippen LogP contribution in [0.5, 0.6) is 11.5 Å². The fourth-order valence-electron chi connectivity index (χ4n) is 3.03. The molecule has 22 heavy (non-hydrogen) atoms. The van der Waals surface area contributed by atoms with Gasteiger partial charge in [-0.25, -0.2) is 0 Å². The Balaban J connectivity index is 1.83. The molecule has 1 saturated heterocycles. The molecule has 2 aliphatic rings. The minimum absolute atomic E-state index is 0.818. The van der Waals surface area contributed by atoms with E-state index in [1.165, 1.54) is 5.69 Å². The van der Waals surface area contributed by atoms with Crippen LogP contribution < -0.4 is 15.0 Å². The van der Waals surface area contributed by atoms with Crippen molar-refractivity contribution in [3.63, 3.8) is 0 Å². The van der Waals surface area contributed by atoms with Gasteiger partial charge in [-0.05, 0) is 30.7 Å². The summed E-state index contributed by atoms with van der Waals surface area (Å²) in [5, 5.41) is 3.40. The van der Waals surface area contributed by atoms with E-state index in [2.05, 4.69) is 34.3 Å². The van der Waals surface area contributed by atoms with Crippen molar-refractivity contribution >= 4 is 17.6 Å². The van der Waals surface area contributed by atoms with Crippen molar-refractivity contribution in [1.29, 1.82) is 0 Å². The van der Waals surface area contributed by atoms with Crippen LogP contribution in [0.3, 0.4) is 0 Å². The minimum atomic E-state index is 0.818. The standard InChI is InChI=1S/C18H19N3O/c1-13-6-7-16(21-10-8-19-9-11-21)14-12-20-15-4-2-3-5-17(15)22-18(13)14/h2-7,12,19H,8-11H2,1H3. The second-order valence-corrected chi connectivity index (χ2v) is 5.71. The van der Waals surface area contributed by atoms with E-state index >= 15 is 0 Å². The Labute approximate surface area is 130 Å². The van der Waals surface area contributed by atoms with E-state index in [-0.39, 0.29) is 0 Å². The second-order valence-electron chi connectivity index (χ2n) is 5.71. The van der Waals surface area contributed by atoms with Crippen molar-refractivity contribution < 1.29 is 4.74 Å². The van der Waals surface area contributed by atoms with Gasteiger partial charge in [-0.1, -0.05) is 18.2 Å². The van der Waals surface area contributed by atoms with Gasteiger partial charge in [0.05, 0.1) is 5.56 Å². The number of ether oxygens (including phenoxy) is 1. The number of rotatable bonds is 1. The number of hydrogen-bond donors (Lipinski definition) is 1. The summed E-state index contributed by atoms with van der Waals surface area (Å²) in [6.45, 7) is 6.14. The average Bonchev–Trinajstić information content (AvgIpc) is 2.77. The minimum Gasteiger partial charge on any atom is -0.454 e. The Morgan fingerprint density at radius 1 is 1.09 bits per heavy atom. The molecule has 2 aromatic rings. The van der Waals surface area contributed by atoms with E-state index in [0.29, 0.717) is 0 Å². The number of hydrogen-bond acceptors (Lipinski definition) is 4. The lowest BCUT2D eigenvalue weighted by atomic mass is 10.1. The molecular weight excluding hydrogens is 274 g/mol. The zero-order valence-corrected chi connectivity index (χ0v) is 12.7.